The van der Waals surface area contributed by atoms with Gasteiger partial charge in [0, 0.05) is 10.9 Å². The highest BCUT2D eigenvalue weighted by Gasteiger charge is 2.09. The predicted molar refractivity (Wildman–Crippen MR) is 103 cm³/mol. The molecule has 4 aromatic rings. The van der Waals surface area contributed by atoms with E-state index in [0.717, 1.165) is 21.8 Å². The molecule has 0 N–H and O–H groups in total. The van der Waals surface area contributed by atoms with E-state index in [1.54, 1.807) is 28.9 Å². The molecule has 0 saturated heterocycles. The number of nitrogens with zero attached hydrogens (tertiary/aromatic N) is 3. The lowest BCUT2D eigenvalue weighted by atomic mass is 10.2. The Kier molecular flexibility index (Phi) is 4.72. The summed E-state index contributed by atoms with van der Waals surface area (Å²) >= 11 is 3.21. The van der Waals surface area contributed by atoms with Crippen LogP contribution in [0.25, 0.3) is 11.5 Å². The standard InChI is InChI=1S/C19H15N3OS2/c1-2-5-15(6-3-1)11-20-19-22(21-12-16-8-10-24-13-16)17(14-25-19)18-7-4-9-23-18/h1-10,12-14H,11H2. The van der Waals surface area contributed by atoms with E-state index in [4.69, 9.17) is 9.41 Å². The zero-order valence-electron chi connectivity index (χ0n) is 13.3. The first-order valence-corrected chi connectivity index (χ1v) is 9.58. The largest absolute Gasteiger partial charge is 0.463 e. The second kappa shape index (κ2) is 7.46. The SMILES string of the molecule is C(=Nn1c(-c2ccco2)csc1=NCc1ccccc1)c1ccsc1. The lowest BCUT2D eigenvalue weighted by Crippen LogP contribution is -2.12. The molecule has 0 aliphatic carbocycles. The molecule has 4 rings (SSSR count). The molecule has 0 atom stereocenters. The Labute approximate surface area is 153 Å². The van der Waals surface area contributed by atoms with Gasteiger partial charge < -0.3 is 4.42 Å². The molecule has 0 unspecified atom stereocenters. The average molecular weight is 365 g/mol. The Hall–Kier alpha value is -2.70. The summed E-state index contributed by atoms with van der Waals surface area (Å²) in [7, 11) is 0. The number of thiazole rings is 1. The maximum Gasteiger partial charge on any atom is 0.206 e. The van der Waals surface area contributed by atoms with E-state index in [-0.39, 0.29) is 0 Å². The lowest BCUT2D eigenvalue weighted by molar-refractivity contribution is 0.575. The third-order valence-corrected chi connectivity index (χ3v) is 5.12. The quantitative estimate of drug-likeness (QED) is 0.466. The van der Waals surface area contributed by atoms with Gasteiger partial charge in [0.25, 0.3) is 0 Å². The van der Waals surface area contributed by atoms with E-state index >= 15 is 0 Å². The minimum Gasteiger partial charge on any atom is -0.463 e. The van der Waals surface area contributed by atoms with Gasteiger partial charge in [-0.25, -0.2) is 4.68 Å². The van der Waals surface area contributed by atoms with Crippen molar-refractivity contribution in [2.24, 2.45) is 10.1 Å². The monoisotopic (exact) mass is 365 g/mol. The summed E-state index contributed by atoms with van der Waals surface area (Å²) in [5.41, 5.74) is 3.14. The number of hydrogen-bond donors (Lipinski definition) is 0. The van der Waals surface area contributed by atoms with Crippen LogP contribution in [0.15, 0.2) is 85.4 Å². The third kappa shape index (κ3) is 3.70. The van der Waals surface area contributed by atoms with Gasteiger partial charge in [0.15, 0.2) is 5.76 Å². The number of furan rings is 1. The molecule has 0 fully saturated rings. The molecule has 0 saturated carbocycles. The second-order valence-corrected chi connectivity index (χ2v) is 6.91. The maximum atomic E-state index is 5.55. The van der Waals surface area contributed by atoms with Crippen molar-refractivity contribution in [3.05, 3.63) is 86.9 Å². The highest BCUT2D eigenvalue weighted by atomic mass is 32.1. The number of hydrogen-bond acceptors (Lipinski definition) is 5. The highest BCUT2D eigenvalue weighted by Crippen LogP contribution is 2.20. The fourth-order valence-corrected chi connectivity index (χ4v) is 3.76. The molecule has 0 spiro atoms. The zero-order valence-corrected chi connectivity index (χ0v) is 14.9. The Morgan fingerprint density at radius 3 is 2.72 bits per heavy atom. The molecule has 0 bridgehead atoms. The number of rotatable bonds is 5. The van der Waals surface area contributed by atoms with E-state index in [9.17, 15) is 0 Å². The van der Waals surface area contributed by atoms with Crippen LogP contribution in [0, 0.1) is 0 Å². The molecule has 1 aromatic carbocycles. The molecular weight excluding hydrogens is 350 g/mol. The molecule has 0 radical (unpaired) electrons. The third-order valence-electron chi connectivity index (χ3n) is 3.56. The lowest BCUT2D eigenvalue weighted by Gasteiger charge is -2.00. The average Bonchev–Trinajstić information content (AvgIpc) is 3.40. The fraction of sp³-hybridized carbons (Fsp3) is 0.0526. The molecule has 0 aliphatic rings. The van der Waals surface area contributed by atoms with E-state index in [1.807, 2.05) is 58.0 Å². The first-order chi connectivity index (χ1) is 12.4. The summed E-state index contributed by atoms with van der Waals surface area (Å²) in [6.45, 7) is 0.618. The zero-order chi connectivity index (χ0) is 16.9. The smallest absolute Gasteiger partial charge is 0.206 e. The highest BCUT2D eigenvalue weighted by molar-refractivity contribution is 7.08. The van der Waals surface area contributed by atoms with Gasteiger partial charge in [0.2, 0.25) is 4.80 Å². The van der Waals surface area contributed by atoms with Crippen LogP contribution in [0.5, 0.6) is 0 Å². The van der Waals surface area contributed by atoms with Crippen LogP contribution in [-0.2, 0) is 6.54 Å². The fourth-order valence-electron chi connectivity index (χ4n) is 2.33. The first-order valence-electron chi connectivity index (χ1n) is 7.75. The first kappa shape index (κ1) is 15.8. The predicted octanol–water partition coefficient (Wildman–Crippen LogP) is 4.85. The summed E-state index contributed by atoms with van der Waals surface area (Å²) < 4.78 is 7.38. The van der Waals surface area contributed by atoms with Crippen molar-refractivity contribution in [2.75, 3.05) is 0 Å². The van der Waals surface area contributed by atoms with Crippen molar-refractivity contribution in [1.82, 2.24) is 4.68 Å². The van der Waals surface area contributed by atoms with Gasteiger partial charge in [-0.3, -0.25) is 4.99 Å². The van der Waals surface area contributed by atoms with E-state index < -0.39 is 0 Å². The van der Waals surface area contributed by atoms with Crippen molar-refractivity contribution < 1.29 is 4.42 Å². The Bertz CT molecular complexity index is 1010. The van der Waals surface area contributed by atoms with Crippen LogP contribution >= 0.6 is 22.7 Å². The van der Waals surface area contributed by atoms with Gasteiger partial charge in [0.05, 0.1) is 19.0 Å². The molecule has 6 heteroatoms. The molecule has 25 heavy (non-hydrogen) atoms. The Morgan fingerprint density at radius 2 is 1.96 bits per heavy atom. The van der Waals surface area contributed by atoms with E-state index in [2.05, 4.69) is 22.6 Å². The minimum atomic E-state index is 0.618. The van der Waals surface area contributed by atoms with Gasteiger partial charge >= 0.3 is 0 Å². The van der Waals surface area contributed by atoms with Gasteiger partial charge in [-0.05, 0) is 34.5 Å². The molecule has 4 nitrogen and oxygen atoms in total. The van der Waals surface area contributed by atoms with Crippen molar-refractivity contribution in [3.63, 3.8) is 0 Å². The molecule has 0 aliphatic heterocycles. The number of thiophene rings is 1. The molecule has 3 heterocycles. The topological polar surface area (TPSA) is 42.8 Å². The maximum absolute atomic E-state index is 5.55. The van der Waals surface area contributed by atoms with Crippen molar-refractivity contribution in [2.45, 2.75) is 6.54 Å². The number of aromatic nitrogens is 1. The van der Waals surface area contributed by atoms with Gasteiger partial charge in [-0.2, -0.15) is 16.4 Å². The summed E-state index contributed by atoms with van der Waals surface area (Å²) in [6, 6.07) is 16.0. The summed E-state index contributed by atoms with van der Waals surface area (Å²) in [6.07, 6.45) is 3.51. The molecule has 3 aromatic heterocycles. The summed E-state index contributed by atoms with van der Waals surface area (Å²) in [4.78, 5) is 5.57. The molecular formula is C19H15N3OS2. The van der Waals surface area contributed by atoms with E-state index in [1.165, 1.54) is 5.56 Å². The van der Waals surface area contributed by atoms with Gasteiger partial charge in [-0.15, -0.1) is 11.3 Å². The second-order valence-electron chi connectivity index (χ2n) is 5.30. The Balaban J connectivity index is 1.73. The van der Waals surface area contributed by atoms with Crippen LogP contribution in [0.4, 0.5) is 0 Å². The van der Waals surface area contributed by atoms with E-state index in [0.29, 0.717) is 6.54 Å². The van der Waals surface area contributed by atoms with Crippen LogP contribution in [0.3, 0.4) is 0 Å². The van der Waals surface area contributed by atoms with Crippen LogP contribution in [0.2, 0.25) is 0 Å². The molecule has 0 amide bonds. The Morgan fingerprint density at radius 1 is 1.04 bits per heavy atom. The minimum absolute atomic E-state index is 0.618. The van der Waals surface area contributed by atoms with Crippen molar-refractivity contribution in [3.8, 4) is 11.5 Å². The van der Waals surface area contributed by atoms with Crippen molar-refractivity contribution >= 4 is 28.9 Å². The van der Waals surface area contributed by atoms with Crippen LogP contribution in [0.1, 0.15) is 11.1 Å². The van der Waals surface area contributed by atoms with Crippen molar-refractivity contribution in [1.29, 1.82) is 0 Å². The summed E-state index contributed by atoms with van der Waals surface area (Å²) in [5.74, 6) is 0.778. The van der Waals surface area contributed by atoms with Gasteiger partial charge in [-0.1, -0.05) is 30.3 Å². The normalized spacial score (nSPS) is 12.2. The van der Waals surface area contributed by atoms with Crippen LogP contribution in [-0.4, -0.2) is 10.9 Å². The van der Waals surface area contributed by atoms with Gasteiger partial charge in [0.1, 0.15) is 5.69 Å². The summed E-state index contributed by atoms with van der Waals surface area (Å²) in [5, 5.41) is 10.7. The van der Waals surface area contributed by atoms with Crippen LogP contribution < -0.4 is 4.80 Å². The molecule has 124 valence electrons. The number of benzene rings is 1.